The van der Waals surface area contributed by atoms with Crippen LogP contribution in [0.1, 0.15) is 31.2 Å². The van der Waals surface area contributed by atoms with Crippen molar-refractivity contribution >= 4 is 5.91 Å². The van der Waals surface area contributed by atoms with E-state index in [0.717, 1.165) is 29.2 Å². The molecule has 4 atom stereocenters. The first-order chi connectivity index (χ1) is 11.5. The number of fused-ring (bicyclic) bond motifs is 1. The van der Waals surface area contributed by atoms with Gasteiger partial charge in [-0.25, -0.2) is 0 Å². The van der Waals surface area contributed by atoms with Crippen LogP contribution in [0.25, 0.3) is 0 Å². The summed E-state index contributed by atoms with van der Waals surface area (Å²) in [7, 11) is 8.02. The first kappa shape index (κ1) is 17.3. The van der Waals surface area contributed by atoms with Crippen LogP contribution in [0, 0.1) is 11.8 Å². The quantitative estimate of drug-likeness (QED) is 0.832. The van der Waals surface area contributed by atoms with Crippen molar-refractivity contribution in [2.45, 2.75) is 44.2 Å². The molecule has 1 aromatic carbocycles. The molecule has 1 amide bonds. The largest absolute Gasteiger partial charge is 0.497 e. The summed E-state index contributed by atoms with van der Waals surface area (Å²) >= 11 is 0. The Labute approximate surface area is 145 Å². The third kappa shape index (κ3) is 3.59. The van der Waals surface area contributed by atoms with Crippen molar-refractivity contribution < 1.29 is 9.53 Å². The van der Waals surface area contributed by atoms with E-state index in [1.807, 2.05) is 36.2 Å². The minimum atomic E-state index is 0.220. The monoisotopic (exact) mass is 330 g/mol. The molecule has 4 heteroatoms. The molecule has 0 radical (unpaired) electrons. The van der Waals surface area contributed by atoms with Gasteiger partial charge in [0.05, 0.1) is 13.5 Å². The van der Waals surface area contributed by atoms with Gasteiger partial charge < -0.3 is 14.5 Å². The van der Waals surface area contributed by atoms with Crippen LogP contribution in [0.5, 0.6) is 5.75 Å². The van der Waals surface area contributed by atoms with Crippen LogP contribution in [-0.4, -0.2) is 56.0 Å². The SMILES string of the molecule is COc1cccc(CC(=O)N(C)C2C[C@H]3CC(N(C)C)C[C@H]3C2)c1. The molecule has 132 valence electrons. The van der Waals surface area contributed by atoms with Crippen molar-refractivity contribution in [2.75, 3.05) is 28.3 Å². The van der Waals surface area contributed by atoms with Crippen LogP contribution in [0.3, 0.4) is 0 Å². The number of methoxy groups -OCH3 is 1. The van der Waals surface area contributed by atoms with Crippen molar-refractivity contribution in [1.82, 2.24) is 9.80 Å². The molecule has 0 heterocycles. The molecule has 0 saturated heterocycles. The lowest BCUT2D eigenvalue weighted by Gasteiger charge is -2.27. The van der Waals surface area contributed by atoms with E-state index in [-0.39, 0.29) is 5.91 Å². The highest BCUT2D eigenvalue weighted by molar-refractivity contribution is 5.79. The van der Waals surface area contributed by atoms with Crippen LogP contribution in [0.15, 0.2) is 24.3 Å². The van der Waals surface area contributed by atoms with Gasteiger partial charge in [0.15, 0.2) is 0 Å². The molecule has 2 saturated carbocycles. The number of ether oxygens (including phenoxy) is 1. The van der Waals surface area contributed by atoms with Crippen LogP contribution >= 0.6 is 0 Å². The van der Waals surface area contributed by atoms with E-state index >= 15 is 0 Å². The van der Waals surface area contributed by atoms with E-state index in [1.165, 1.54) is 25.7 Å². The van der Waals surface area contributed by atoms with Gasteiger partial charge in [-0.2, -0.15) is 0 Å². The van der Waals surface area contributed by atoms with Gasteiger partial charge in [-0.05, 0) is 69.3 Å². The Kier molecular flexibility index (Phi) is 5.14. The number of rotatable bonds is 5. The predicted octanol–water partition coefficient (Wildman–Crippen LogP) is 2.81. The summed E-state index contributed by atoms with van der Waals surface area (Å²) < 4.78 is 5.25. The summed E-state index contributed by atoms with van der Waals surface area (Å²) in [6.07, 6.45) is 5.41. The number of carbonyl (C=O) groups excluding carboxylic acids is 1. The smallest absolute Gasteiger partial charge is 0.226 e. The van der Waals surface area contributed by atoms with Crippen molar-refractivity contribution in [3.8, 4) is 5.75 Å². The molecule has 0 spiro atoms. The fourth-order valence-electron chi connectivity index (χ4n) is 4.58. The van der Waals surface area contributed by atoms with Crippen molar-refractivity contribution in [2.24, 2.45) is 11.8 Å². The number of likely N-dealkylation sites (N-methyl/N-ethyl adjacent to an activating group) is 1. The maximum Gasteiger partial charge on any atom is 0.226 e. The first-order valence-electron chi connectivity index (χ1n) is 9.03. The number of nitrogens with zero attached hydrogens (tertiary/aromatic N) is 2. The van der Waals surface area contributed by atoms with E-state index in [0.29, 0.717) is 12.5 Å². The zero-order valence-corrected chi connectivity index (χ0v) is 15.4. The van der Waals surface area contributed by atoms with Gasteiger partial charge in [-0.3, -0.25) is 4.79 Å². The maximum atomic E-state index is 12.7. The Morgan fingerprint density at radius 3 is 2.29 bits per heavy atom. The molecule has 0 aromatic heterocycles. The zero-order chi connectivity index (χ0) is 17.3. The Bertz CT molecular complexity index is 573. The molecule has 4 nitrogen and oxygen atoms in total. The van der Waals surface area contributed by atoms with Gasteiger partial charge in [0.25, 0.3) is 0 Å². The molecule has 3 rings (SSSR count). The van der Waals surface area contributed by atoms with E-state index in [9.17, 15) is 4.79 Å². The fourth-order valence-corrected chi connectivity index (χ4v) is 4.58. The highest BCUT2D eigenvalue weighted by Crippen LogP contribution is 2.46. The molecule has 0 bridgehead atoms. The number of hydrogen-bond acceptors (Lipinski definition) is 3. The lowest BCUT2D eigenvalue weighted by Crippen LogP contribution is -2.37. The van der Waals surface area contributed by atoms with Crippen LogP contribution < -0.4 is 4.74 Å². The van der Waals surface area contributed by atoms with Gasteiger partial charge >= 0.3 is 0 Å². The summed E-state index contributed by atoms with van der Waals surface area (Å²) in [5.74, 6) is 2.63. The number of benzene rings is 1. The van der Waals surface area contributed by atoms with Crippen LogP contribution in [-0.2, 0) is 11.2 Å². The van der Waals surface area contributed by atoms with Crippen molar-refractivity contribution in [3.05, 3.63) is 29.8 Å². The van der Waals surface area contributed by atoms with E-state index in [1.54, 1.807) is 7.11 Å². The summed E-state index contributed by atoms with van der Waals surface area (Å²) in [6.45, 7) is 0. The van der Waals surface area contributed by atoms with Crippen molar-refractivity contribution in [3.63, 3.8) is 0 Å². The Hall–Kier alpha value is -1.55. The topological polar surface area (TPSA) is 32.8 Å². The van der Waals surface area contributed by atoms with Gasteiger partial charge in [0.1, 0.15) is 5.75 Å². The zero-order valence-electron chi connectivity index (χ0n) is 15.4. The average molecular weight is 330 g/mol. The van der Waals surface area contributed by atoms with Gasteiger partial charge in [0, 0.05) is 19.1 Å². The summed E-state index contributed by atoms with van der Waals surface area (Å²) in [5.41, 5.74) is 1.03. The molecule has 1 aromatic rings. The van der Waals surface area contributed by atoms with Gasteiger partial charge in [0.2, 0.25) is 5.91 Å². The second-order valence-electron chi connectivity index (χ2n) is 7.77. The second kappa shape index (κ2) is 7.14. The average Bonchev–Trinajstić information content (AvgIpc) is 3.13. The molecule has 0 N–H and O–H groups in total. The third-order valence-electron chi connectivity index (χ3n) is 6.13. The standard InChI is InChI=1S/C20H30N2O2/c1-21(2)17-10-15-12-18(13-16(15)11-17)22(3)20(23)9-14-6-5-7-19(8-14)24-4/h5-8,15-18H,9-13H2,1-4H3/t15-,16+,17?,18?. The summed E-state index contributed by atoms with van der Waals surface area (Å²) in [6, 6.07) is 8.97. The lowest BCUT2D eigenvalue weighted by molar-refractivity contribution is -0.131. The Morgan fingerprint density at radius 2 is 1.71 bits per heavy atom. The first-order valence-corrected chi connectivity index (χ1v) is 9.03. The Balaban J connectivity index is 1.56. The van der Waals surface area contributed by atoms with E-state index in [4.69, 9.17) is 4.74 Å². The van der Waals surface area contributed by atoms with Crippen LogP contribution in [0.4, 0.5) is 0 Å². The molecule has 2 aliphatic rings. The minimum absolute atomic E-state index is 0.220. The Morgan fingerprint density at radius 1 is 1.08 bits per heavy atom. The normalized spacial score (nSPS) is 28.9. The fraction of sp³-hybridized carbons (Fsp3) is 0.650. The van der Waals surface area contributed by atoms with E-state index in [2.05, 4.69) is 19.0 Å². The molecular formula is C20H30N2O2. The van der Waals surface area contributed by atoms with Crippen molar-refractivity contribution in [1.29, 1.82) is 0 Å². The van der Waals surface area contributed by atoms with Gasteiger partial charge in [-0.15, -0.1) is 0 Å². The molecule has 2 aliphatic carbocycles. The van der Waals surface area contributed by atoms with E-state index < -0.39 is 0 Å². The summed E-state index contributed by atoms with van der Waals surface area (Å²) in [5, 5.41) is 0. The number of hydrogen-bond donors (Lipinski definition) is 0. The highest BCUT2D eigenvalue weighted by atomic mass is 16.5. The molecule has 2 fully saturated rings. The summed E-state index contributed by atoms with van der Waals surface area (Å²) in [4.78, 5) is 17.0. The second-order valence-corrected chi connectivity index (χ2v) is 7.77. The molecule has 2 unspecified atom stereocenters. The van der Waals surface area contributed by atoms with Gasteiger partial charge in [-0.1, -0.05) is 12.1 Å². The maximum absolute atomic E-state index is 12.7. The minimum Gasteiger partial charge on any atom is -0.497 e. The number of carbonyl (C=O) groups is 1. The molecular weight excluding hydrogens is 300 g/mol. The third-order valence-corrected chi connectivity index (χ3v) is 6.13. The lowest BCUT2D eigenvalue weighted by atomic mass is 10.0. The highest BCUT2D eigenvalue weighted by Gasteiger charge is 2.43. The molecule has 0 aliphatic heterocycles. The van der Waals surface area contributed by atoms with Crippen LogP contribution in [0.2, 0.25) is 0 Å². The molecule has 24 heavy (non-hydrogen) atoms. The number of amides is 1. The predicted molar refractivity (Wildman–Crippen MR) is 96.2 cm³/mol.